The molecule has 3 rings (SSSR count). The number of rotatable bonds is 0. The molecule has 0 atom stereocenters. The topological polar surface area (TPSA) is 29.5 Å². The fraction of sp³-hybridized carbons (Fsp3) is 0.611. The van der Waals surface area contributed by atoms with Gasteiger partial charge in [-0.25, -0.2) is 9.18 Å². The Morgan fingerprint density at radius 1 is 1.23 bits per heavy atom. The van der Waals surface area contributed by atoms with Gasteiger partial charge in [-0.15, -0.1) is 0 Å². The smallest absolute Gasteiger partial charge is 0.410 e. The number of likely N-dealkylation sites (tertiary alicyclic amines) is 1. The number of carbonyl (C=O) groups excluding carboxylic acids is 1. The minimum absolute atomic E-state index is 0.0797. The Hall–Kier alpha value is -1.58. The maximum atomic E-state index is 13.9. The van der Waals surface area contributed by atoms with Crippen molar-refractivity contribution < 1.29 is 13.9 Å². The van der Waals surface area contributed by atoms with Crippen LogP contribution in [0.25, 0.3) is 0 Å². The molecule has 1 fully saturated rings. The van der Waals surface area contributed by atoms with Gasteiger partial charge in [-0.05, 0) is 69.1 Å². The van der Waals surface area contributed by atoms with Gasteiger partial charge in [0, 0.05) is 13.1 Å². The molecule has 0 N–H and O–H groups in total. The SMILES string of the molecule is CC(C)(C)OC(=O)N1CCC2(CC1)Cc1cccc(F)c1C2. The number of amides is 1. The Kier molecular flexibility index (Phi) is 3.66. The number of fused-ring (bicyclic) bond motifs is 1. The van der Waals surface area contributed by atoms with Crippen LogP contribution in [-0.4, -0.2) is 29.7 Å². The van der Waals surface area contributed by atoms with Crippen LogP contribution in [0.4, 0.5) is 9.18 Å². The normalized spacial score (nSPS) is 20.1. The van der Waals surface area contributed by atoms with E-state index in [9.17, 15) is 9.18 Å². The molecule has 1 aliphatic heterocycles. The summed E-state index contributed by atoms with van der Waals surface area (Å²) >= 11 is 0. The van der Waals surface area contributed by atoms with Crippen molar-refractivity contribution in [3.8, 4) is 0 Å². The lowest BCUT2D eigenvalue weighted by Crippen LogP contribution is -2.45. The summed E-state index contributed by atoms with van der Waals surface area (Å²) in [5, 5.41) is 0. The fourth-order valence-corrected chi connectivity index (χ4v) is 3.65. The highest BCUT2D eigenvalue weighted by molar-refractivity contribution is 5.68. The van der Waals surface area contributed by atoms with E-state index in [4.69, 9.17) is 4.74 Å². The summed E-state index contributed by atoms with van der Waals surface area (Å²) in [5.41, 5.74) is 1.70. The zero-order chi connectivity index (χ0) is 16.0. The number of piperidine rings is 1. The van der Waals surface area contributed by atoms with E-state index in [2.05, 4.69) is 0 Å². The molecule has 0 bridgehead atoms. The van der Waals surface area contributed by atoms with Crippen LogP contribution < -0.4 is 0 Å². The molecule has 0 saturated carbocycles. The van der Waals surface area contributed by atoms with Gasteiger partial charge in [0.15, 0.2) is 0 Å². The third-order valence-electron chi connectivity index (χ3n) is 4.81. The summed E-state index contributed by atoms with van der Waals surface area (Å²) in [6.45, 7) is 7.04. The maximum Gasteiger partial charge on any atom is 0.410 e. The van der Waals surface area contributed by atoms with Crippen LogP contribution in [0.5, 0.6) is 0 Å². The van der Waals surface area contributed by atoms with E-state index in [0.29, 0.717) is 13.1 Å². The highest BCUT2D eigenvalue weighted by Crippen LogP contribution is 2.45. The van der Waals surface area contributed by atoms with E-state index in [-0.39, 0.29) is 17.3 Å². The van der Waals surface area contributed by atoms with E-state index in [1.54, 1.807) is 17.0 Å². The predicted octanol–water partition coefficient (Wildman–Crippen LogP) is 3.94. The van der Waals surface area contributed by atoms with Crippen molar-refractivity contribution in [1.82, 2.24) is 4.90 Å². The number of carbonyl (C=O) groups is 1. The van der Waals surface area contributed by atoms with Gasteiger partial charge < -0.3 is 9.64 Å². The molecular weight excluding hydrogens is 281 g/mol. The zero-order valence-corrected chi connectivity index (χ0v) is 13.6. The number of ether oxygens (including phenoxy) is 1. The lowest BCUT2D eigenvalue weighted by Gasteiger charge is -2.39. The first-order valence-electron chi connectivity index (χ1n) is 8.02. The number of halogens is 1. The Labute approximate surface area is 131 Å². The zero-order valence-electron chi connectivity index (χ0n) is 13.6. The second kappa shape index (κ2) is 5.25. The summed E-state index contributed by atoms with van der Waals surface area (Å²) in [4.78, 5) is 13.9. The van der Waals surface area contributed by atoms with E-state index < -0.39 is 5.60 Å². The van der Waals surface area contributed by atoms with Crippen LogP contribution in [0, 0.1) is 11.2 Å². The molecule has 120 valence electrons. The fourth-order valence-electron chi connectivity index (χ4n) is 3.65. The molecule has 1 amide bonds. The highest BCUT2D eigenvalue weighted by atomic mass is 19.1. The predicted molar refractivity (Wildman–Crippen MR) is 83.3 cm³/mol. The Morgan fingerprint density at radius 2 is 1.91 bits per heavy atom. The Bertz CT molecular complexity index is 583. The molecule has 2 aliphatic rings. The van der Waals surface area contributed by atoms with Gasteiger partial charge in [0.2, 0.25) is 0 Å². The summed E-state index contributed by atoms with van der Waals surface area (Å²) in [7, 11) is 0. The molecule has 0 aromatic heterocycles. The summed E-state index contributed by atoms with van der Waals surface area (Å²) in [5.74, 6) is -0.0797. The Balaban J connectivity index is 1.64. The van der Waals surface area contributed by atoms with Crippen LogP contribution >= 0.6 is 0 Å². The van der Waals surface area contributed by atoms with Crippen molar-refractivity contribution in [1.29, 1.82) is 0 Å². The summed E-state index contributed by atoms with van der Waals surface area (Å²) in [6.07, 6.45) is 3.34. The van der Waals surface area contributed by atoms with Crippen molar-refractivity contribution in [3.05, 3.63) is 35.1 Å². The second-order valence-corrected chi connectivity index (χ2v) is 7.70. The number of hydrogen-bond donors (Lipinski definition) is 0. The molecule has 1 spiro atoms. The average Bonchev–Trinajstić information content (AvgIpc) is 2.77. The van der Waals surface area contributed by atoms with E-state index in [0.717, 1.165) is 36.8 Å². The molecule has 1 aliphatic carbocycles. The largest absolute Gasteiger partial charge is 0.444 e. The maximum absolute atomic E-state index is 13.9. The summed E-state index contributed by atoms with van der Waals surface area (Å²) in [6, 6.07) is 5.38. The monoisotopic (exact) mass is 305 g/mol. The summed E-state index contributed by atoms with van der Waals surface area (Å²) < 4.78 is 19.4. The number of benzene rings is 1. The number of hydrogen-bond acceptors (Lipinski definition) is 2. The van der Waals surface area contributed by atoms with Crippen molar-refractivity contribution in [2.75, 3.05) is 13.1 Å². The van der Waals surface area contributed by atoms with E-state index >= 15 is 0 Å². The van der Waals surface area contributed by atoms with Gasteiger partial charge >= 0.3 is 6.09 Å². The van der Waals surface area contributed by atoms with Gasteiger partial charge in [-0.2, -0.15) is 0 Å². The van der Waals surface area contributed by atoms with Crippen molar-refractivity contribution in [2.45, 2.75) is 52.1 Å². The van der Waals surface area contributed by atoms with Crippen LogP contribution in [0.3, 0.4) is 0 Å². The van der Waals surface area contributed by atoms with Crippen molar-refractivity contribution >= 4 is 6.09 Å². The number of nitrogens with zero attached hydrogens (tertiary/aromatic N) is 1. The van der Waals surface area contributed by atoms with Crippen LogP contribution in [0.15, 0.2) is 18.2 Å². The van der Waals surface area contributed by atoms with E-state index in [1.807, 2.05) is 26.8 Å². The quantitative estimate of drug-likeness (QED) is 0.726. The lowest BCUT2D eigenvalue weighted by molar-refractivity contribution is 0.0110. The highest BCUT2D eigenvalue weighted by Gasteiger charge is 2.42. The molecule has 0 unspecified atom stereocenters. The van der Waals surface area contributed by atoms with Gasteiger partial charge in [0.1, 0.15) is 11.4 Å². The van der Waals surface area contributed by atoms with Gasteiger partial charge in [0.25, 0.3) is 0 Å². The first-order chi connectivity index (χ1) is 10.3. The molecule has 22 heavy (non-hydrogen) atoms. The molecule has 1 heterocycles. The third kappa shape index (κ3) is 2.96. The minimum atomic E-state index is -0.459. The van der Waals surface area contributed by atoms with Crippen molar-refractivity contribution in [2.24, 2.45) is 5.41 Å². The molecule has 1 saturated heterocycles. The molecule has 1 aromatic rings. The average molecular weight is 305 g/mol. The first kappa shape index (κ1) is 15.3. The Morgan fingerprint density at radius 3 is 2.50 bits per heavy atom. The lowest BCUT2D eigenvalue weighted by atomic mass is 9.76. The van der Waals surface area contributed by atoms with Crippen LogP contribution in [0.1, 0.15) is 44.7 Å². The minimum Gasteiger partial charge on any atom is -0.444 e. The van der Waals surface area contributed by atoms with E-state index in [1.165, 1.54) is 0 Å². The van der Waals surface area contributed by atoms with Crippen LogP contribution in [-0.2, 0) is 17.6 Å². The van der Waals surface area contributed by atoms with Crippen LogP contribution in [0.2, 0.25) is 0 Å². The van der Waals surface area contributed by atoms with Gasteiger partial charge in [0.05, 0.1) is 0 Å². The van der Waals surface area contributed by atoms with Gasteiger partial charge in [-0.1, -0.05) is 12.1 Å². The molecule has 4 heteroatoms. The van der Waals surface area contributed by atoms with Crippen molar-refractivity contribution in [3.63, 3.8) is 0 Å². The standard InChI is InChI=1S/C18H24FNO2/c1-17(2,3)22-16(21)20-9-7-18(8-10-20)11-13-5-4-6-15(19)14(13)12-18/h4-6H,7-12H2,1-3H3. The molecule has 1 aromatic carbocycles. The molecular formula is C18H24FNO2. The first-order valence-corrected chi connectivity index (χ1v) is 8.02. The second-order valence-electron chi connectivity index (χ2n) is 7.70. The van der Waals surface area contributed by atoms with Gasteiger partial charge in [-0.3, -0.25) is 0 Å². The molecule has 0 radical (unpaired) electrons. The third-order valence-corrected chi connectivity index (χ3v) is 4.81. The molecule has 3 nitrogen and oxygen atoms in total.